The van der Waals surface area contributed by atoms with Gasteiger partial charge in [-0.15, -0.1) is 0 Å². The molecular weight excluding hydrogens is 193 g/mol. The molecule has 78 valence electrons. The second kappa shape index (κ2) is 4.13. The third-order valence-corrected chi connectivity index (χ3v) is 2.22. The Bertz CT molecular complexity index is 408. The lowest BCUT2D eigenvalue weighted by molar-refractivity contribution is 0.626. The van der Waals surface area contributed by atoms with Gasteiger partial charge in [0.15, 0.2) is 0 Å². The van der Waals surface area contributed by atoms with Crippen molar-refractivity contribution in [3.63, 3.8) is 0 Å². The van der Waals surface area contributed by atoms with Crippen LogP contribution in [0.5, 0.6) is 0 Å². The molecule has 0 bridgehead atoms. The van der Waals surface area contributed by atoms with Crippen molar-refractivity contribution < 1.29 is 4.39 Å². The minimum atomic E-state index is -0.219. The lowest BCUT2D eigenvalue weighted by Crippen LogP contribution is -2.07. The highest BCUT2D eigenvalue weighted by Gasteiger charge is 2.05. The van der Waals surface area contributed by atoms with Crippen molar-refractivity contribution in [2.45, 2.75) is 13.0 Å². The van der Waals surface area contributed by atoms with Crippen molar-refractivity contribution in [1.29, 1.82) is 0 Å². The summed E-state index contributed by atoms with van der Waals surface area (Å²) >= 11 is 0. The Kier molecular flexibility index (Phi) is 2.67. The monoisotopic (exact) mass is 205 g/mol. The molecule has 1 aromatic heterocycles. The predicted octanol–water partition coefficient (Wildman–Crippen LogP) is 2.72. The zero-order valence-electron chi connectivity index (χ0n) is 8.37. The van der Waals surface area contributed by atoms with Crippen molar-refractivity contribution in [2.75, 3.05) is 5.32 Å². The zero-order chi connectivity index (χ0) is 10.7. The first-order chi connectivity index (χ1) is 7.25. The minimum absolute atomic E-state index is 0.0942. The van der Waals surface area contributed by atoms with E-state index in [1.807, 2.05) is 6.92 Å². The summed E-state index contributed by atoms with van der Waals surface area (Å²) in [6.07, 6.45) is 3.43. The number of imidazole rings is 1. The molecular formula is C11H12FN3. The van der Waals surface area contributed by atoms with Gasteiger partial charge in [-0.1, -0.05) is 12.1 Å². The number of anilines is 1. The Morgan fingerprint density at radius 3 is 2.67 bits per heavy atom. The number of aromatic nitrogens is 2. The van der Waals surface area contributed by atoms with E-state index in [4.69, 9.17) is 0 Å². The first kappa shape index (κ1) is 9.71. The van der Waals surface area contributed by atoms with Crippen LogP contribution in [0, 0.1) is 5.82 Å². The first-order valence-corrected chi connectivity index (χ1v) is 4.77. The lowest BCUT2D eigenvalue weighted by Gasteiger charge is -2.12. The largest absolute Gasteiger partial charge is 0.349 e. The van der Waals surface area contributed by atoms with Gasteiger partial charge in [-0.2, -0.15) is 0 Å². The number of hydrogen-bond donors (Lipinski definition) is 2. The van der Waals surface area contributed by atoms with E-state index < -0.39 is 0 Å². The molecule has 15 heavy (non-hydrogen) atoms. The van der Waals surface area contributed by atoms with Crippen molar-refractivity contribution in [3.05, 3.63) is 48.0 Å². The van der Waals surface area contributed by atoms with Crippen LogP contribution in [-0.2, 0) is 0 Å². The topological polar surface area (TPSA) is 40.7 Å². The number of H-pyrrole nitrogens is 1. The van der Waals surface area contributed by atoms with Crippen LogP contribution in [0.1, 0.15) is 18.5 Å². The average Bonchev–Trinajstić information content (AvgIpc) is 2.71. The van der Waals surface area contributed by atoms with E-state index in [9.17, 15) is 4.39 Å². The van der Waals surface area contributed by atoms with Crippen LogP contribution in [-0.4, -0.2) is 9.97 Å². The number of rotatable bonds is 3. The van der Waals surface area contributed by atoms with Crippen molar-refractivity contribution in [3.8, 4) is 0 Å². The summed E-state index contributed by atoms with van der Waals surface area (Å²) in [6, 6.07) is 6.52. The summed E-state index contributed by atoms with van der Waals surface area (Å²) in [4.78, 5) is 7.01. The van der Waals surface area contributed by atoms with E-state index in [1.54, 1.807) is 24.5 Å². The Balaban J connectivity index is 2.08. The van der Waals surface area contributed by atoms with Gasteiger partial charge in [0.1, 0.15) is 5.82 Å². The number of nitrogens with zero attached hydrogens (tertiary/aromatic N) is 1. The van der Waals surface area contributed by atoms with E-state index in [0.29, 0.717) is 5.95 Å². The van der Waals surface area contributed by atoms with Gasteiger partial charge in [0.05, 0.1) is 6.04 Å². The highest BCUT2D eigenvalue weighted by atomic mass is 19.1. The van der Waals surface area contributed by atoms with E-state index in [2.05, 4.69) is 15.3 Å². The second-order valence-corrected chi connectivity index (χ2v) is 3.36. The second-order valence-electron chi connectivity index (χ2n) is 3.36. The number of halogens is 1. The van der Waals surface area contributed by atoms with Crippen LogP contribution < -0.4 is 5.32 Å². The van der Waals surface area contributed by atoms with Crippen LogP contribution in [0.2, 0.25) is 0 Å². The van der Waals surface area contributed by atoms with Crippen LogP contribution in [0.3, 0.4) is 0 Å². The smallest absolute Gasteiger partial charge is 0.200 e. The summed E-state index contributed by atoms with van der Waals surface area (Å²) in [5.74, 6) is 0.496. The van der Waals surface area contributed by atoms with Crippen LogP contribution >= 0.6 is 0 Å². The molecule has 1 aromatic carbocycles. The molecule has 3 nitrogen and oxygen atoms in total. The van der Waals surface area contributed by atoms with Gasteiger partial charge in [-0.3, -0.25) is 0 Å². The number of aromatic amines is 1. The molecule has 2 rings (SSSR count). The fourth-order valence-corrected chi connectivity index (χ4v) is 1.38. The maximum atomic E-state index is 12.7. The standard InChI is InChI=1S/C11H12FN3/c1-8(15-11-13-6-7-14-11)9-2-4-10(12)5-3-9/h2-8H,1H3,(H2,13,14,15). The van der Waals surface area contributed by atoms with Crippen molar-refractivity contribution in [1.82, 2.24) is 9.97 Å². The third kappa shape index (κ3) is 2.34. The summed E-state index contributed by atoms with van der Waals surface area (Å²) in [5.41, 5.74) is 1.02. The van der Waals surface area contributed by atoms with E-state index in [1.165, 1.54) is 12.1 Å². The molecule has 0 radical (unpaired) electrons. The SMILES string of the molecule is CC(Nc1ncc[nH]1)c1ccc(F)cc1. The third-order valence-electron chi connectivity index (χ3n) is 2.22. The summed E-state index contributed by atoms with van der Waals surface area (Å²) in [7, 11) is 0. The molecule has 1 heterocycles. The Morgan fingerprint density at radius 1 is 1.33 bits per heavy atom. The molecule has 0 saturated heterocycles. The van der Waals surface area contributed by atoms with Gasteiger partial charge in [0, 0.05) is 12.4 Å². The summed E-state index contributed by atoms with van der Waals surface area (Å²) in [6.45, 7) is 2.00. The first-order valence-electron chi connectivity index (χ1n) is 4.77. The molecule has 2 N–H and O–H groups in total. The fraction of sp³-hybridized carbons (Fsp3) is 0.182. The molecule has 0 spiro atoms. The van der Waals surface area contributed by atoms with Gasteiger partial charge in [0.25, 0.3) is 0 Å². The highest BCUT2D eigenvalue weighted by molar-refractivity contribution is 5.31. The predicted molar refractivity (Wildman–Crippen MR) is 57.0 cm³/mol. The molecule has 0 fully saturated rings. The molecule has 0 aliphatic rings. The summed E-state index contributed by atoms with van der Waals surface area (Å²) in [5, 5.41) is 3.17. The number of hydrogen-bond acceptors (Lipinski definition) is 2. The van der Waals surface area contributed by atoms with Crippen LogP contribution in [0.25, 0.3) is 0 Å². The lowest BCUT2D eigenvalue weighted by atomic mass is 10.1. The highest BCUT2D eigenvalue weighted by Crippen LogP contribution is 2.16. The molecule has 2 aromatic rings. The van der Waals surface area contributed by atoms with Gasteiger partial charge < -0.3 is 10.3 Å². The Morgan fingerprint density at radius 2 is 2.07 bits per heavy atom. The molecule has 0 amide bonds. The van der Waals surface area contributed by atoms with E-state index >= 15 is 0 Å². The Hall–Kier alpha value is -1.84. The van der Waals surface area contributed by atoms with E-state index in [-0.39, 0.29) is 11.9 Å². The van der Waals surface area contributed by atoms with Crippen LogP contribution in [0.4, 0.5) is 10.3 Å². The summed E-state index contributed by atoms with van der Waals surface area (Å²) < 4.78 is 12.7. The van der Waals surface area contributed by atoms with E-state index in [0.717, 1.165) is 5.56 Å². The van der Waals surface area contributed by atoms with Gasteiger partial charge in [-0.05, 0) is 24.6 Å². The maximum Gasteiger partial charge on any atom is 0.200 e. The molecule has 0 saturated carbocycles. The van der Waals surface area contributed by atoms with Crippen molar-refractivity contribution >= 4 is 5.95 Å². The normalized spacial score (nSPS) is 12.4. The zero-order valence-corrected chi connectivity index (χ0v) is 8.37. The maximum absolute atomic E-state index is 12.7. The fourth-order valence-electron chi connectivity index (χ4n) is 1.38. The Labute approximate surface area is 87.4 Å². The van der Waals surface area contributed by atoms with Gasteiger partial charge in [-0.25, -0.2) is 9.37 Å². The van der Waals surface area contributed by atoms with Gasteiger partial charge >= 0.3 is 0 Å². The average molecular weight is 205 g/mol. The molecule has 1 unspecified atom stereocenters. The molecule has 0 aliphatic heterocycles. The molecule has 0 aliphatic carbocycles. The van der Waals surface area contributed by atoms with Crippen LogP contribution in [0.15, 0.2) is 36.7 Å². The number of nitrogens with one attached hydrogen (secondary N) is 2. The quantitative estimate of drug-likeness (QED) is 0.808. The minimum Gasteiger partial charge on any atom is -0.349 e. The molecule has 4 heteroatoms. The van der Waals surface area contributed by atoms with Gasteiger partial charge in [0.2, 0.25) is 5.95 Å². The number of benzene rings is 1. The van der Waals surface area contributed by atoms with Crippen molar-refractivity contribution in [2.24, 2.45) is 0 Å². The molecule has 1 atom stereocenters.